The van der Waals surface area contributed by atoms with Crippen LogP contribution < -0.4 is 10.1 Å². The fraction of sp³-hybridized carbons (Fsp3) is 0.567. The van der Waals surface area contributed by atoms with Crippen LogP contribution in [0.15, 0.2) is 48.5 Å². The van der Waals surface area contributed by atoms with Crippen molar-refractivity contribution in [3.63, 3.8) is 0 Å². The molecule has 2 aromatic carbocycles. The van der Waals surface area contributed by atoms with Crippen molar-refractivity contribution in [3.05, 3.63) is 59.7 Å². The monoisotopic (exact) mass is 496 g/mol. The Morgan fingerprint density at radius 2 is 2.03 bits per heavy atom. The van der Waals surface area contributed by atoms with Crippen molar-refractivity contribution in [1.29, 1.82) is 0 Å². The molecular weight excluding hydrogens is 452 g/mol. The highest BCUT2D eigenvalue weighted by Crippen LogP contribution is 2.44. The standard InChI is InChI=1S/C30H44N2O4/c1-23-11-9-13-26(19-23)36-28-15-6-5-14-27(28)30(34,16-7-8-18-35-4)25-12-10-17-32(22-25)29(33)20-24(2)21-31-3/h5-6,9,11,13-15,19,24-25,31,34H,7-8,10,12,16-18,20-22H2,1-4H3/t24-,25-,30+/m1/s1. The van der Waals surface area contributed by atoms with Gasteiger partial charge in [-0.05, 0) is 82.3 Å². The number of unbranched alkanes of at least 4 members (excludes halogenated alkanes) is 1. The van der Waals surface area contributed by atoms with E-state index in [1.165, 1.54) is 0 Å². The minimum atomic E-state index is -1.11. The fourth-order valence-corrected chi connectivity index (χ4v) is 5.36. The first-order chi connectivity index (χ1) is 17.4. The van der Waals surface area contributed by atoms with Crippen LogP contribution >= 0.6 is 0 Å². The van der Waals surface area contributed by atoms with Gasteiger partial charge in [-0.2, -0.15) is 0 Å². The smallest absolute Gasteiger partial charge is 0.222 e. The molecule has 0 saturated carbocycles. The van der Waals surface area contributed by atoms with Crippen molar-refractivity contribution in [2.75, 3.05) is 40.4 Å². The maximum atomic E-state index is 13.1. The SMILES string of the molecule is CNC[C@H](C)CC(=O)N1CCC[C@@H]([C@@](O)(CCCCOC)c2ccccc2Oc2cccc(C)c2)C1. The summed E-state index contributed by atoms with van der Waals surface area (Å²) in [5.41, 5.74) is 0.810. The van der Waals surface area contributed by atoms with E-state index >= 15 is 0 Å². The number of hydrogen-bond acceptors (Lipinski definition) is 5. The van der Waals surface area contributed by atoms with Gasteiger partial charge in [-0.15, -0.1) is 0 Å². The van der Waals surface area contributed by atoms with E-state index in [1.807, 2.05) is 67.4 Å². The van der Waals surface area contributed by atoms with Crippen LogP contribution in [0.4, 0.5) is 0 Å². The minimum Gasteiger partial charge on any atom is -0.457 e. The van der Waals surface area contributed by atoms with E-state index in [0.717, 1.165) is 55.6 Å². The number of nitrogens with zero attached hydrogens (tertiary/aromatic N) is 1. The zero-order chi connectivity index (χ0) is 26.0. The molecule has 3 rings (SSSR count). The third kappa shape index (κ3) is 7.55. The molecule has 0 unspecified atom stereocenters. The van der Waals surface area contributed by atoms with Gasteiger partial charge < -0.3 is 24.8 Å². The molecule has 6 nitrogen and oxygen atoms in total. The van der Waals surface area contributed by atoms with Gasteiger partial charge in [0.05, 0.1) is 5.60 Å². The van der Waals surface area contributed by atoms with Crippen molar-refractivity contribution in [3.8, 4) is 11.5 Å². The van der Waals surface area contributed by atoms with E-state index in [2.05, 4.69) is 12.2 Å². The summed E-state index contributed by atoms with van der Waals surface area (Å²) in [6, 6.07) is 15.8. The normalized spacial score (nSPS) is 18.5. The molecule has 2 N–H and O–H groups in total. The molecule has 1 amide bonds. The summed E-state index contributed by atoms with van der Waals surface area (Å²) in [5, 5.41) is 15.6. The molecular formula is C30H44N2O4. The Labute approximate surface area is 217 Å². The van der Waals surface area contributed by atoms with Gasteiger partial charge in [0, 0.05) is 44.7 Å². The van der Waals surface area contributed by atoms with Gasteiger partial charge in [-0.25, -0.2) is 0 Å². The molecule has 0 aliphatic carbocycles. The largest absolute Gasteiger partial charge is 0.457 e. The molecule has 36 heavy (non-hydrogen) atoms. The quantitative estimate of drug-likeness (QED) is 0.370. The Balaban J connectivity index is 1.88. The highest BCUT2D eigenvalue weighted by molar-refractivity contribution is 5.76. The molecule has 1 saturated heterocycles. The molecule has 198 valence electrons. The second-order valence-corrected chi connectivity index (χ2v) is 10.3. The number of benzene rings is 2. The summed E-state index contributed by atoms with van der Waals surface area (Å²) in [6.45, 7) is 6.93. The van der Waals surface area contributed by atoms with Crippen LogP contribution in [0.2, 0.25) is 0 Å². The third-order valence-electron chi connectivity index (χ3n) is 7.25. The van der Waals surface area contributed by atoms with Gasteiger partial charge in [0.2, 0.25) is 5.91 Å². The number of amides is 1. The average Bonchev–Trinajstić information content (AvgIpc) is 2.87. The first-order valence-electron chi connectivity index (χ1n) is 13.3. The molecule has 0 aromatic heterocycles. The van der Waals surface area contributed by atoms with Crippen LogP contribution in [0.5, 0.6) is 11.5 Å². The van der Waals surface area contributed by atoms with Crippen LogP contribution in [0, 0.1) is 18.8 Å². The van der Waals surface area contributed by atoms with Crippen molar-refractivity contribution in [2.24, 2.45) is 11.8 Å². The Morgan fingerprint density at radius 3 is 2.78 bits per heavy atom. The van der Waals surface area contributed by atoms with Crippen molar-refractivity contribution in [1.82, 2.24) is 10.2 Å². The maximum Gasteiger partial charge on any atom is 0.222 e. The highest BCUT2D eigenvalue weighted by Gasteiger charge is 2.42. The molecule has 2 aromatic rings. The van der Waals surface area contributed by atoms with Gasteiger partial charge in [-0.3, -0.25) is 4.79 Å². The Hall–Kier alpha value is -2.41. The summed E-state index contributed by atoms with van der Waals surface area (Å²) >= 11 is 0. The maximum absolute atomic E-state index is 13.1. The van der Waals surface area contributed by atoms with Gasteiger partial charge in [-0.1, -0.05) is 37.3 Å². The van der Waals surface area contributed by atoms with Crippen molar-refractivity contribution < 1.29 is 19.4 Å². The summed E-state index contributed by atoms with van der Waals surface area (Å²) in [5.74, 6) is 1.80. The second-order valence-electron chi connectivity index (χ2n) is 10.3. The van der Waals surface area contributed by atoms with Crippen molar-refractivity contribution in [2.45, 2.75) is 58.0 Å². The van der Waals surface area contributed by atoms with E-state index in [-0.39, 0.29) is 17.7 Å². The number of methoxy groups -OCH3 is 1. The summed E-state index contributed by atoms with van der Waals surface area (Å²) in [7, 11) is 3.62. The lowest BCUT2D eigenvalue weighted by Gasteiger charge is -2.43. The molecule has 1 aliphatic heterocycles. The third-order valence-corrected chi connectivity index (χ3v) is 7.25. The van der Waals surface area contributed by atoms with E-state index in [9.17, 15) is 9.90 Å². The number of likely N-dealkylation sites (tertiary alicyclic amines) is 1. The zero-order valence-corrected chi connectivity index (χ0v) is 22.5. The summed E-state index contributed by atoms with van der Waals surface area (Å²) in [6.07, 6.45) is 4.57. The predicted octanol–water partition coefficient (Wildman–Crippen LogP) is 5.28. The lowest BCUT2D eigenvalue weighted by atomic mass is 9.73. The summed E-state index contributed by atoms with van der Waals surface area (Å²) in [4.78, 5) is 15.1. The molecule has 6 heteroatoms. The van der Waals surface area contributed by atoms with Crippen LogP contribution in [-0.2, 0) is 15.1 Å². The number of nitrogens with one attached hydrogen (secondary N) is 1. The van der Waals surface area contributed by atoms with E-state index in [4.69, 9.17) is 9.47 Å². The minimum absolute atomic E-state index is 0.0698. The Bertz CT molecular complexity index is 965. The Morgan fingerprint density at radius 1 is 1.22 bits per heavy atom. The van der Waals surface area contributed by atoms with E-state index < -0.39 is 5.60 Å². The fourth-order valence-electron chi connectivity index (χ4n) is 5.36. The van der Waals surface area contributed by atoms with Crippen molar-refractivity contribution >= 4 is 5.91 Å². The van der Waals surface area contributed by atoms with Crippen LogP contribution in [-0.4, -0.2) is 56.3 Å². The van der Waals surface area contributed by atoms with Gasteiger partial charge in [0.1, 0.15) is 11.5 Å². The number of para-hydroxylation sites is 1. The van der Waals surface area contributed by atoms with Gasteiger partial charge >= 0.3 is 0 Å². The van der Waals surface area contributed by atoms with Crippen LogP contribution in [0.3, 0.4) is 0 Å². The van der Waals surface area contributed by atoms with E-state index in [0.29, 0.717) is 31.7 Å². The van der Waals surface area contributed by atoms with E-state index in [1.54, 1.807) is 7.11 Å². The Kier molecular flexibility index (Phi) is 10.8. The number of carbonyl (C=O) groups excluding carboxylic acids is 1. The molecule has 0 bridgehead atoms. The first kappa shape index (κ1) is 28.2. The number of hydrogen-bond donors (Lipinski definition) is 2. The number of piperidine rings is 1. The first-order valence-corrected chi connectivity index (χ1v) is 13.3. The number of aliphatic hydroxyl groups is 1. The molecule has 0 spiro atoms. The van der Waals surface area contributed by atoms with Gasteiger partial charge in [0.15, 0.2) is 0 Å². The summed E-state index contributed by atoms with van der Waals surface area (Å²) < 4.78 is 11.6. The van der Waals surface area contributed by atoms with Crippen LogP contribution in [0.1, 0.15) is 56.6 Å². The highest BCUT2D eigenvalue weighted by atomic mass is 16.5. The molecule has 3 atom stereocenters. The number of rotatable bonds is 13. The topological polar surface area (TPSA) is 71.0 Å². The van der Waals surface area contributed by atoms with Gasteiger partial charge in [0.25, 0.3) is 0 Å². The van der Waals surface area contributed by atoms with Crippen LogP contribution in [0.25, 0.3) is 0 Å². The zero-order valence-electron chi connectivity index (χ0n) is 22.5. The average molecular weight is 497 g/mol. The molecule has 1 heterocycles. The second kappa shape index (κ2) is 13.8. The molecule has 1 aliphatic rings. The number of aryl methyl sites for hydroxylation is 1. The predicted molar refractivity (Wildman–Crippen MR) is 144 cm³/mol. The lowest BCUT2D eigenvalue weighted by Crippen LogP contribution is -2.48. The molecule has 1 fully saturated rings. The molecule has 0 radical (unpaired) electrons. The number of ether oxygens (including phenoxy) is 2. The number of carbonyl (C=O) groups is 1. The lowest BCUT2D eigenvalue weighted by molar-refractivity contribution is -0.137.